The van der Waals surface area contributed by atoms with Crippen molar-refractivity contribution in [1.82, 2.24) is 4.98 Å². The minimum atomic E-state index is -0.414. The second-order valence-corrected chi connectivity index (χ2v) is 5.66. The molecule has 1 N–H and O–H groups in total. The van der Waals surface area contributed by atoms with E-state index < -0.39 is 4.92 Å². The number of aromatic nitrogens is 1. The van der Waals surface area contributed by atoms with Gasteiger partial charge in [-0.25, -0.2) is 4.98 Å². The minimum Gasteiger partial charge on any atom is -0.391 e. The third-order valence-electron chi connectivity index (χ3n) is 3.24. The molecule has 0 unspecified atom stereocenters. The summed E-state index contributed by atoms with van der Waals surface area (Å²) in [6.45, 7) is 1.46. The molecule has 0 saturated carbocycles. The van der Waals surface area contributed by atoms with Crippen molar-refractivity contribution in [3.63, 3.8) is 0 Å². The van der Waals surface area contributed by atoms with E-state index in [0.29, 0.717) is 12.1 Å². The molecule has 7 heteroatoms. The first-order chi connectivity index (χ1) is 9.13. The normalized spacial score (nSPS) is 19.8. The minimum absolute atomic E-state index is 0.0584. The van der Waals surface area contributed by atoms with Crippen molar-refractivity contribution in [3.05, 3.63) is 28.3 Å². The predicted octanol–water partition coefficient (Wildman–Crippen LogP) is 2.17. The first kappa shape index (κ1) is 12.3. The average molecular weight is 279 g/mol. The van der Waals surface area contributed by atoms with Gasteiger partial charge in [0.15, 0.2) is 5.13 Å². The second-order valence-electron chi connectivity index (χ2n) is 4.65. The molecule has 2 aromatic rings. The Labute approximate surface area is 113 Å². The summed E-state index contributed by atoms with van der Waals surface area (Å²) in [6, 6.07) is 4.72. The smallest absolute Gasteiger partial charge is 0.271 e. The molecule has 6 nitrogen and oxygen atoms in total. The molecule has 1 saturated heterocycles. The van der Waals surface area contributed by atoms with Gasteiger partial charge in [-0.15, -0.1) is 0 Å². The lowest BCUT2D eigenvalue weighted by Gasteiger charge is -2.29. The van der Waals surface area contributed by atoms with Crippen LogP contribution in [0.15, 0.2) is 18.2 Å². The van der Waals surface area contributed by atoms with E-state index in [1.807, 2.05) is 4.90 Å². The van der Waals surface area contributed by atoms with Crippen molar-refractivity contribution < 1.29 is 10.0 Å². The van der Waals surface area contributed by atoms with Crippen LogP contribution < -0.4 is 4.90 Å². The average Bonchev–Trinajstić information content (AvgIpc) is 2.81. The van der Waals surface area contributed by atoms with Crippen LogP contribution >= 0.6 is 11.3 Å². The van der Waals surface area contributed by atoms with Crippen molar-refractivity contribution >= 4 is 32.4 Å². The zero-order valence-corrected chi connectivity index (χ0v) is 11.0. The number of nitrogens with zero attached hydrogens (tertiary/aromatic N) is 3. The van der Waals surface area contributed by atoms with Crippen LogP contribution in [-0.2, 0) is 0 Å². The molecule has 1 aromatic carbocycles. The molecule has 0 aliphatic carbocycles. The molecule has 0 spiro atoms. The lowest BCUT2D eigenvalue weighted by molar-refractivity contribution is -0.384. The van der Waals surface area contributed by atoms with Crippen molar-refractivity contribution in [2.24, 2.45) is 0 Å². The molecule has 0 amide bonds. The Morgan fingerprint density at radius 1 is 1.53 bits per heavy atom. The van der Waals surface area contributed by atoms with Gasteiger partial charge in [-0.05, 0) is 18.9 Å². The molecule has 1 fully saturated rings. The van der Waals surface area contributed by atoms with E-state index in [9.17, 15) is 15.2 Å². The van der Waals surface area contributed by atoms with Gasteiger partial charge in [0.25, 0.3) is 5.69 Å². The highest BCUT2D eigenvalue weighted by Crippen LogP contribution is 2.32. The van der Waals surface area contributed by atoms with Crippen molar-refractivity contribution in [2.45, 2.75) is 18.9 Å². The first-order valence-electron chi connectivity index (χ1n) is 6.11. The maximum atomic E-state index is 10.7. The first-order valence-corrected chi connectivity index (χ1v) is 6.93. The largest absolute Gasteiger partial charge is 0.391 e. The number of nitro benzene ring substituents is 1. The van der Waals surface area contributed by atoms with Gasteiger partial charge in [0.05, 0.1) is 21.2 Å². The zero-order valence-electron chi connectivity index (χ0n) is 10.2. The summed E-state index contributed by atoms with van der Waals surface area (Å²) in [6.07, 6.45) is 1.46. The van der Waals surface area contributed by atoms with Crippen LogP contribution in [0.3, 0.4) is 0 Å². The molecule has 1 aromatic heterocycles. The van der Waals surface area contributed by atoms with Crippen LogP contribution in [0.1, 0.15) is 12.8 Å². The SMILES string of the molecule is O=[N+]([O-])c1ccc2sc(N3CCC[C@H](O)C3)nc2c1. The van der Waals surface area contributed by atoms with E-state index in [2.05, 4.69) is 4.98 Å². The number of aliphatic hydroxyl groups excluding tert-OH is 1. The number of rotatable bonds is 2. The third-order valence-corrected chi connectivity index (χ3v) is 4.33. The highest BCUT2D eigenvalue weighted by atomic mass is 32.1. The van der Waals surface area contributed by atoms with E-state index in [-0.39, 0.29) is 11.8 Å². The number of hydrogen-bond acceptors (Lipinski definition) is 6. The Kier molecular flexibility index (Phi) is 3.08. The van der Waals surface area contributed by atoms with Gasteiger partial charge in [-0.1, -0.05) is 11.3 Å². The van der Waals surface area contributed by atoms with Crippen LogP contribution in [0.5, 0.6) is 0 Å². The number of benzene rings is 1. The maximum Gasteiger partial charge on any atom is 0.271 e. The molecule has 1 aliphatic heterocycles. The molecule has 1 atom stereocenters. The second kappa shape index (κ2) is 4.75. The Hall–Kier alpha value is -1.73. The quantitative estimate of drug-likeness (QED) is 0.673. The number of anilines is 1. The predicted molar refractivity (Wildman–Crippen MR) is 73.7 cm³/mol. The summed E-state index contributed by atoms with van der Waals surface area (Å²) >= 11 is 1.51. The fraction of sp³-hybridized carbons (Fsp3) is 0.417. The maximum absolute atomic E-state index is 10.7. The van der Waals surface area contributed by atoms with E-state index >= 15 is 0 Å². The van der Waals surface area contributed by atoms with Gasteiger partial charge in [-0.3, -0.25) is 10.1 Å². The van der Waals surface area contributed by atoms with E-state index in [4.69, 9.17) is 0 Å². The number of aliphatic hydroxyl groups is 1. The lowest BCUT2D eigenvalue weighted by atomic mass is 10.1. The van der Waals surface area contributed by atoms with Crippen LogP contribution in [-0.4, -0.2) is 34.2 Å². The van der Waals surface area contributed by atoms with Crippen molar-refractivity contribution in [3.8, 4) is 0 Å². The van der Waals surface area contributed by atoms with Crippen LogP contribution in [0.4, 0.5) is 10.8 Å². The van der Waals surface area contributed by atoms with Gasteiger partial charge in [0, 0.05) is 25.2 Å². The van der Waals surface area contributed by atoms with Crippen LogP contribution in [0.25, 0.3) is 10.2 Å². The van der Waals surface area contributed by atoms with Gasteiger partial charge >= 0.3 is 0 Å². The van der Waals surface area contributed by atoms with E-state index in [0.717, 1.165) is 29.2 Å². The summed E-state index contributed by atoms with van der Waals surface area (Å²) in [5.74, 6) is 0. The van der Waals surface area contributed by atoms with Gasteiger partial charge in [0.1, 0.15) is 0 Å². The number of thiazole rings is 1. The summed E-state index contributed by atoms with van der Waals surface area (Å²) in [5, 5.41) is 21.2. The molecule has 100 valence electrons. The fourth-order valence-corrected chi connectivity index (χ4v) is 3.26. The van der Waals surface area contributed by atoms with Crippen molar-refractivity contribution in [2.75, 3.05) is 18.0 Å². The summed E-state index contributed by atoms with van der Waals surface area (Å²) in [4.78, 5) is 16.8. The Morgan fingerprint density at radius 3 is 3.11 bits per heavy atom. The van der Waals surface area contributed by atoms with Crippen molar-refractivity contribution in [1.29, 1.82) is 0 Å². The number of non-ortho nitro benzene ring substituents is 1. The molecule has 0 radical (unpaired) electrons. The summed E-state index contributed by atoms with van der Waals surface area (Å²) in [5.41, 5.74) is 0.706. The summed E-state index contributed by atoms with van der Waals surface area (Å²) < 4.78 is 0.931. The fourth-order valence-electron chi connectivity index (χ4n) is 2.28. The Balaban J connectivity index is 1.94. The van der Waals surface area contributed by atoms with E-state index in [1.165, 1.54) is 23.5 Å². The number of nitro groups is 1. The topological polar surface area (TPSA) is 79.5 Å². The number of hydrogen-bond donors (Lipinski definition) is 1. The molecule has 0 bridgehead atoms. The number of piperidine rings is 1. The zero-order chi connectivity index (χ0) is 13.4. The molecular weight excluding hydrogens is 266 g/mol. The molecule has 3 rings (SSSR count). The molecule has 1 aliphatic rings. The number of fused-ring (bicyclic) bond motifs is 1. The monoisotopic (exact) mass is 279 g/mol. The lowest BCUT2D eigenvalue weighted by Crippen LogP contribution is -2.38. The number of β-amino-alcohol motifs (C(OH)–C–C–N with tert-alkyl or cyclic N) is 1. The van der Waals surface area contributed by atoms with Crippen LogP contribution in [0, 0.1) is 10.1 Å². The standard InChI is InChI=1S/C12H13N3O3S/c16-9-2-1-5-14(7-9)12-13-10-6-8(15(17)18)3-4-11(10)19-12/h3-4,6,9,16H,1-2,5,7H2/t9-/m0/s1. The van der Waals surface area contributed by atoms with E-state index in [1.54, 1.807) is 6.07 Å². The molecular formula is C12H13N3O3S. The Bertz CT molecular complexity index is 628. The van der Waals surface area contributed by atoms with Gasteiger partial charge < -0.3 is 10.0 Å². The Morgan fingerprint density at radius 2 is 2.37 bits per heavy atom. The third kappa shape index (κ3) is 2.39. The highest BCUT2D eigenvalue weighted by molar-refractivity contribution is 7.22. The van der Waals surface area contributed by atoms with Crippen LogP contribution in [0.2, 0.25) is 0 Å². The van der Waals surface area contributed by atoms with Gasteiger partial charge in [0.2, 0.25) is 0 Å². The highest BCUT2D eigenvalue weighted by Gasteiger charge is 2.21. The molecule has 2 heterocycles. The van der Waals surface area contributed by atoms with Gasteiger partial charge in [-0.2, -0.15) is 0 Å². The summed E-state index contributed by atoms with van der Waals surface area (Å²) in [7, 11) is 0. The molecule has 19 heavy (non-hydrogen) atoms.